The van der Waals surface area contributed by atoms with Crippen LogP contribution in [0.4, 0.5) is 0 Å². The molecular weight excluding hydrogens is 388 g/mol. The Morgan fingerprint density at radius 1 is 0.867 bits per heavy atom. The summed E-state index contributed by atoms with van der Waals surface area (Å²) in [7, 11) is 6.36. The Bertz CT molecular complexity index is 969. The zero-order valence-corrected chi connectivity index (χ0v) is 18.2. The number of hydrogen-bond acceptors (Lipinski definition) is 7. The molecule has 30 heavy (non-hydrogen) atoms. The smallest absolute Gasteiger partial charge is 0.231 e. The van der Waals surface area contributed by atoms with E-state index in [9.17, 15) is 5.11 Å². The minimum Gasteiger partial charge on any atom is -0.493 e. The van der Waals surface area contributed by atoms with Crippen LogP contribution in [0.25, 0.3) is 11.1 Å². The van der Waals surface area contributed by atoms with Gasteiger partial charge >= 0.3 is 0 Å². The average molecular weight is 416 g/mol. The van der Waals surface area contributed by atoms with E-state index in [0.717, 1.165) is 23.1 Å². The topological polar surface area (TPSA) is 75.6 Å². The molecule has 0 amide bonds. The molecule has 162 valence electrons. The molecule has 7 heteroatoms. The van der Waals surface area contributed by atoms with Crippen molar-refractivity contribution in [1.29, 1.82) is 0 Å². The highest BCUT2D eigenvalue weighted by molar-refractivity contribution is 5.88. The van der Waals surface area contributed by atoms with E-state index in [2.05, 4.69) is 13.8 Å². The first-order valence-corrected chi connectivity index (χ1v) is 9.97. The van der Waals surface area contributed by atoms with Gasteiger partial charge in [0.1, 0.15) is 0 Å². The zero-order valence-electron chi connectivity index (χ0n) is 18.2. The van der Waals surface area contributed by atoms with Crippen LogP contribution >= 0.6 is 0 Å². The standard InChI is InChI=1S/C23H28O7/c1-11-7-13-8-15(25-3)20(26-4)22(27-5)17(13)18-14(19(24)12(11)2)9-16-21(23(18)28-6)30-10-29-16/h8-9,11-12,19,24H,7,10H2,1-6H3/t11-,12-,19?/m0/s1. The molecule has 1 aliphatic carbocycles. The van der Waals surface area contributed by atoms with E-state index in [1.165, 1.54) is 0 Å². The van der Waals surface area contributed by atoms with Gasteiger partial charge in [-0.1, -0.05) is 13.8 Å². The van der Waals surface area contributed by atoms with Gasteiger partial charge in [0.05, 0.1) is 34.5 Å². The highest BCUT2D eigenvalue weighted by Gasteiger charge is 2.37. The summed E-state index contributed by atoms with van der Waals surface area (Å²) in [6, 6.07) is 3.82. The van der Waals surface area contributed by atoms with Crippen LogP contribution in [0, 0.1) is 11.8 Å². The van der Waals surface area contributed by atoms with Gasteiger partial charge in [0.25, 0.3) is 0 Å². The molecule has 0 bridgehead atoms. The molecule has 1 aliphatic heterocycles. The third-order valence-electron chi connectivity index (χ3n) is 6.27. The Morgan fingerprint density at radius 3 is 2.20 bits per heavy atom. The number of ether oxygens (including phenoxy) is 6. The second-order valence-electron chi connectivity index (χ2n) is 7.77. The molecule has 1 unspecified atom stereocenters. The largest absolute Gasteiger partial charge is 0.493 e. The molecule has 2 aromatic rings. The fourth-order valence-electron chi connectivity index (χ4n) is 4.49. The molecule has 1 heterocycles. The molecule has 2 aliphatic rings. The molecule has 0 fully saturated rings. The summed E-state index contributed by atoms with van der Waals surface area (Å²) in [6.07, 6.45) is 0.00533. The van der Waals surface area contributed by atoms with Crippen molar-refractivity contribution >= 4 is 0 Å². The molecular formula is C23H28O7. The maximum Gasteiger partial charge on any atom is 0.231 e. The van der Waals surface area contributed by atoms with E-state index in [1.54, 1.807) is 28.4 Å². The van der Waals surface area contributed by atoms with Crippen LogP contribution in [0.1, 0.15) is 31.1 Å². The van der Waals surface area contributed by atoms with Gasteiger partial charge in [-0.15, -0.1) is 0 Å². The molecule has 0 aromatic heterocycles. The maximum absolute atomic E-state index is 11.3. The average Bonchev–Trinajstić information content (AvgIpc) is 3.23. The van der Waals surface area contributed by atoms with Gasteiger partial charge in [0.2, 0.25) is 18.3 Å². The van der Waals surface area contributed by atoms with Crippen molar-refractivity contribution < 1.29 is 33.5 Å². The van der Waals surface area contributed by atoms with Crippen molar-refractivity contribution in [1.82, 2.24) is 0 Å². The Kier molecular flexibility index (Phi) is 5.32. The summed E-state index contributed by atoms with van der Waals surface area (Å²) in [5.74, 6) is 3.40. The second-order valence-corrected chi connectivity index (χ2v) is 7.77. The predicted octanol–water partition coefficient (Wildman–Crippen LogP) is 3.98. The van der Waals surface area contributed by atoms with Crippen LogP contribution in [0.15, 0.2) is 12.1 Å². The van der Waals surface area contributed by atoms with Crippen molar-refractivity contribution in [2.45, 2.75) is 26.4 Å². The highest BCUT2D eigenvalue weighted by atomic mass is 16.7. The second kappa shape index (κ2) is 7.80. The molecule has 0 spiro atoms. The van der Waals surface area contributed by atoms with Crippen LogP contribution in [-0.4, -0.2) is 40.3 Å². The molecule has 1 N–H and O–H groups in total. The van der Waals surface area contributed by atoms with Crippen molar-refractivity contribution in [3.8, 4) is 45.6 Å². The van der Waals surface area contributed by atoms with Gasteiger partial charge in [0, 0.05) is 11.1 Å². The number of aliphatic hydroxyl groups is 1. The Morgan fingerprint density at radius 2 is 1.57 bits per heavy atom. The van der Waals surface area contributed by atoms with Crippen molar-refractivity contribution in [2.24, 2.45) is 11.8 Å². The summed E-state index contributed by atoms with van der Waals surface area (Å²) < 4.78 is 34.2. The number of fused-ring (bicyclic) bond motifs is 4. The monoisotopic (exact) mass is 416 g/mol. The summed E-state index contributed by atoms with van der Waals surface area (Å²) in [6.45, 7) is 4.29. The van der Waals surface area contributed by atoms with Crippen LogP contribution in [0.3, 0.4) is 0 Å². The SMILES string of the molecule is COc1cc2c(c(OC)c1OC)-c1c(cc3c(c1OC)OCO3)C(O)[C@@H](C)[C@@H](C)C2. The number of aliphatic hydroxyl groups excluding tert-OH is 1. The molecule has 2 aromatic carbocycles. The molecule has 0 saturated heterocycles. The molecule has 3 atom stereocenters. The van der Waals surface area contributed by atoms with Crippen molar-refractivity contribution in [3.63, 3.8) is 0 Å². The third-order valence-corrected chi connectivity index (χ3v) is 6.27. The number of benzene rings is 2. The quantitative estimate of drug-likeness (QED) is 0.808. The first kappa shape index (κ1) is 20.5. The van der Waals surface area contributed by atoms with E-state index in [4.69, 9.17) is 28.4 Å². The van der Waals surface area contributed by atoms with E-state index in [-0.39, 0.29) is 18.6 Å². The Hall–Kier alpha value is -2.80. The lowest BCUT2D eigenvalue weighted by molar-refractivity contribution is 0.0864. The number of methoxy groups -OCH3 is 4. The van der Waals surface area contributed by atoms with Crippen molar-refractivity contribution in [2.75, 3.05) is 35.2 Å². The maximum atomic E-state index is 11.3. The highest BCUT2D eigenvalue weighted by Crippen LogP contribution is 2.58. The lowest BCUT2D eigenvalue weighted by Gasteiger charge is -2.33. The third kappa shape index (κ3) is 2.91. The zero-order chi connectivity index (χ0) is 21.6. The number of hydrogen-bond donors (Lipinski definition) is 1. The van der Waals surface area contributed by atoms with Gasteiger partial charge in [-0.05, 0) is 41.5 Å². The Balaban J connectivity index is 2.16. The van der Waals surface area contributed by atoms with Crippen molar-refractivity contribution in [3.05, 3.63) is 23.3 Å². The van der Waals surface area contributed by atoms with Gasteiger partial charge in [-0.25, -0.2) is 0 Å². The van der Waals surface area contributed by atoms with Crippen LogP contribution < -0.4 is 28.4 Å². The normalized spacial score (nSPS) is 21.8. The summed E-state index contributed by atoms with van der Waals surface area (Å²) in [4.78, 5) is 0. The Labute approximate surface area is 176 Å². The fraction of sp³-hybridized carbons (Fsp3) is 0.478. The van der Waals surface area contributed by atoms with Gasteiger partial charge in [-0.3, -0.25) is 0 Å². The predicted molar refractivity (Wildman–Crippen MR) is 111 cm³/mol. The van der Waals surface area contributed by atoms with Gasteiger partial charge < -0.3 is 33.5 Å². The summed E-state index contributed by atoms with van der Waals surface area (Å²) in [5.41, 5.74) is 3.26. The van der Waals surface area contributed by atoms with E-state index >= 15 is 0 Å². The van der Waals surface area contributed by atoms with E-state index in [0.29, 0.717) is 40.1 Å². The van der Waals surface area contributed by atoms with Gasteiger partial charge in [0.15, 0.2) is 23.0 Å². The van der Waals surface area contributed by atoms with Crippen LogP contribution in [0.2, 0.25) is 0 Å². The van der Waals surface area contributed by atoms with Crippen LogP contribution in [-0.2, 0) is 6.42 Å². The van der Waals surface area contributed by atoms with E-state index in [1.807, 2.05) is 12.1 Å². The minimum atomic E-state index is -0.718. The lowest BCUT2D eigenvalue weighted by Crippen LogP contribution is -2.22. The van der Waals surface area contributed by atoms with Crippen LogP contribution in [0.5, 0.6) is 34.5 Å². The molecule has 0 radical (unpaired) electrons. The van der Waals surface area contributed by atoms with Gasteiger partial charge in [-0.2, -0.15) is 0 Å². The number of rotatable bonds is 4. The first-order chi connectivity index (χ1) is 14.5. The summed E-state index contributed by atoms with van der Waals surface area (Å²) in [5, 5.41) is 11.3. The fourth-order valence-corrected chi connectivity index (χ4v) is 4.49. The summed E-state index contributed by atoms with van der Waals surface area (Å²) >= 11 is 0. The first-order valence-electron chi connectivity index (χ1n) is 9.97. The lowest BCUT2D eigenvalue weighted by atomic mass is 9.76. The minimum absolute atomic E-state index is 0.000990. The molecule has 0 saturated carbocycles. The van der Waals surface area contributed by atoms with E-state index < -0.39 is 6.10 Å². The molecule has 4 rings (SSSR count). The molecule has 7 nitrogen and oxygen atoms in total.